The van der Waals surface area contributed by atoms with Crippen LogP contribution in [0, 0.1) is 17.8 Å². The number of nitrogens with one attached hydrogen (secondary N) is 1. The first-order valence-electron chi connectivity index (χ1n) is 9.74. The van der Waals surface area contributed by atoms with Crippen LogP contribution in [0.3, 0.4) is 0 Å². The topological polar surface area (TPSA) is 67.6 Å². The Hall–Kier alpha value is -1.75. The van der Waals surface area contributed by atoms with Gasteiger partial charge in [-0.15, -0.1) is 0 Å². The van der Waals surface area contributed by atoms with Crippen LogP contribution in [0.25, 0.3) is 0 Å². The molecule has 134 valence electrons. The highest BCUT2D eigenvalue weighted by atomic mass is 16.5. The van der Waals surface area contributed by atoms with Gasteiger partial charge < -0.3 is 20.7 Å². The molecule has 3 N–H and O–H groups in total. The molecule has 2 unspecified atom stereocenters. The Morgan fingerprint density at radius 2 is 2.00 bits per heavy atom. The van der Waals surface area contributed by atoms with Crippen LogP contribution in [0.15, 0.2) is 12.1 Å². The zero-order valence-corrected chi connectivity index (χ0v) is 14.7. The Morgan fingerprint density at radius 1 is 1.24 bits per heavy atom. The number of benzene rings is 1. The van der Waals surface area contributed by atoms with E-state index in [0.29, 0.717) is 24.1 Å². The number of nitrogens with two attached hydrogens (primary N) is 1. The first-order valence-corrected chi connectivity index (χ1v) is 9.74. The van der Waals surface area contributed by atoms with Gasteiger partial charge in [-0.3, -0.25) is 4.79 Å². The zero-order chi connectivity index (χ0) is 17.0. The minimum Gasteiger partial charge on any atom is -0.491 e. The van der Waals surface area contributed by atoms with Crippen molar-refractivity contribution in [2.45, 2.75) is 38.1 Å². The second-order valence-corrected chi connectivity index (χ2v) is 8.43. The molecule has 25 heavy (non-hydrogen) atoms. The predicted octanol–water partition coefficient (Wildman–Crippen LogP) is 2.05. The predicted molar refractivity (Wildman–Crippen MR) is 96.7 cm³/mol. The summed E-state index contributed by atoms with van der Waals surface area (Å²) in [7, 11) is 0. The monoisotopic (exact) mass is 341 g/mol. The number of nitrogens with zero attached hydrogens (tertiary/aromatic N) is 1. The number of amides is 1. The lowest BCUT2D eigenvalue weighted by molar-refractivity contribution is 0.0934. The van der Waals surface area contributed by atoms with Gasteiger partial charge in [-0.1, -0.05) is 0 Å². The number of rotatable bonds is 4. The summed E-state index contributed by atoms with van der Waals surface area (Å²) in [5.41, 5.74) is 8.31. The molecule has 2 saturated carbocycles. The Labute approximate surface area is 148 Å². The first kappa shape index (κ1) is 15.5. The number of fused-ring (bicyclic) bond motifs is 2. The molecule has 0 bridgehead atoms. The van der Waals surface area contributed by atoms with Crippen LogP contribution in [0.5, 0.6) is 5.75 Å². The lowest BCUT2D eigenvalue weighted by atomic mass is 10.0. The maximum Gasteiger partial charge on any atom is 0.251 e. The summed E-state index contributed by atoms with van der Waals surface area (Å²) in [6, 6.07) is 3.96. The van der Waals surface area contributed by atoms with Crippen LogP contribution in [0.2, 0.25) is 0 Å². The summed E-state index contributed by atoms with van der Waals surface area (Å²) in [4.78, 5) is 15.5. The van der Waals surface area contributed by atoms with Gasteiger partial charge >= 0.3 is 0 Å². The van der Waals surface area contributed by atoms with E-state index in [-0.39, 0.29) is 5.91 Å². The normalized spacial score (nSPS) is 30.8. The van der Waals surface area contributed by atoms with Crippen LogP contribution < -0.4 is 15.8 Å². The second kappa shape index (κ2) is 5.90. The maximum absolute atomic E-state index is 12.8. The molecule has 1 saturated heterocycles. The van der Waals surface area contributed by atoms with Crippen molar-refractivity contribution in [2.24, 2.45) is 17.8 Å². The number of carbonyl (C=O) groups is 1. The van der Waals surface area contributed by atoms with Crippen molar-refractivity contribution in [1.29, 1.82) is 0 Å². The van der Waals surface area contributed by atoms with E-state index in [9.17, 15) is 4.79 Å². The molecule has 1 aromatic carbocycles. The van der Waals surface area contributed by atoms with E-state index < -0.39 is 0 Å². The van der Waals surface area contributed by atoms with E-state index in [1.807, 2.05) is 6.07 Å². The Balaban J connectivity index is 1.21. The lowest BCUT2D eigenvalue weighted by Gasteiger charge is -2.19. The third-order valence-electron chi connectivity index (χ3n) is 6.51. The second-order valence-electron chi connectivity index (χ2n) is 8.43. The van der Waals surface area contributed by atoms with Gasteiger partial charge in [-0.25, -0.2) is 0 Å². The van der Waals surface area contributed by atoms with E-state index in [1.165, 1.54) is 32.5 Å². The van der Waals surface area contributed by atoms with E-state index >= 15 is 0 Å². The number of nitrogen functional groups attached to an aromatic ring is 1. The van der Waals surface area contributed by atoms with Crippen LogP contribution in [0.4, 0.5) is 5.69 Å². The fraction of sp³-hybridized carbons (Fsp3) is 0.650. The molecule has 0 radical (unpaired) electrons. The summed E-state index contributed by atoms with van der Waals surface area (Å²) < 4.78 is 5.59. The molecule has 4 aliphatic rings. The van der Waals surface area contributed by atoms with Gasteiger partial charge in [-0.2, -0.15) is 0 Å². The molecule has 5 heteroatoms. The molecule has 1 aromatic rings. The van der Waals surface area contributed by atoms with Crippen molar-refractivity contribution in [3.63, 3.8) is 0 Å². The van der Waals surface area contributed by atoms with Crippen molar-refractivity contribution < 1.29 is 9.53 Å². The standard InChI is InChI=1S/C20H27N3O2/c21-18-4-3-17(16-5-6-25-19(16)18)20(24)22-15-7-13-10-23(9-12-1-2-12)11-14(13)8-15/h3-4,12-15H,1-2,5-11,21H2,(H,22,24). The van der Waals surface area contributed by atoms with Gasteiger partial charge in [0.2, 0.25) is 0 Å². The largest absolute Gasteiger partial charge is 0.491 e. The highest BCUT2D eigenvalue weighted by Crippen LogP contribution is 2.40. The third-order valence-corrected chi connectivity index (χ3v) is 6.51. The number of likely N-dealkylation sites (tertiary alicyclic amines) is 1. The molecule has 2 atom stereocenters. The number of hydrogen-bond acceptors (Lipinski definition) is 4. The maximum atomic E-state index is 12.8. The molecule has 3 fully saturated rings. The number of hydrogen-bond donors (Lipinski definition) is 2. The molecule has 5 nitrogen and oxygen atoms in total. The van der Waals surface area contributed by atoms with Crippen LogP contribution in [-0.4, -0.2) is 43.1 Å². The van der Waals surface area contributed by atoms with Gasteiger partial charge in [0.15, 0.2) is 0 Å². The minimum absolute atomic E-state index is 0.0431. The first-order chi connectivity index (χ1) is 12.2. The molecular weight excluding hydrogens is 314 g/mol. The van der Waals surface area contributed by atoms with Crippen LogP contribution in [-0.2, 0) is 6.42 Å². The third kappa shape index (κ3) is 2.88. The number of ether oxygens (including phenoxy) is 1. The van der Waals surface area contributed by atoms with Crippen LogP contribution in [0.1, 0.15) is 41.6 Å². The summed E-state index contributed by atoms with van der Waals surface area (Å²) in [6.45, 7) is 4.40. The van der Waals surface area contributed by atoms with Gasteiger partial charge in [0.1, 0.15) is 5.75 Å². The van der Waals surface area contributed by atoms with Crippen molar-refractivity contribution >= 4 is 11.6 Å². The van der Waals surface area contributed by atoms with Crippen molar-refractivity contribution in [3.05, 3.63) is 23.3 Å². The summed E-state index contributed by atoms with van der Waals surface area (Å²) in [5, 5.41) is 3.29. The SMILES string of the molecule is Nc1ccc(C(=O)NC2CC3CN(CC4CC4)CC3C2)c2c1OCC2. The average Bonchev–Trinajstić information content (AvgIpc) is 2.95. The average molecular weight is 341 g/mol. The minimum atomic E-state index is 0.0431. The summed E-state index contributed by atoms with van der Waals surface area (Å²) in [6.07, 6.45) is 5.89. The highest BCUT2D eigenvalue weighted by molar-refractivity contribution is 5.97. The molecule has 0 spiro atoms. The van der Waals surface area contributed by atoms with Gasteiger partial charge in [0.05, 0.1) is 12.3 Å². The molecule has 5 rings (SSSR count). The molecule has 0 aromatic heterocycles. The fourth-order valence-corrected chi connectivity index (χ4v) is 5.13. The highest BCUT2D eigenvalue weighted by Gasteiger charge is 2.42. The Bertz CT molecular complexity index is 686. The number of carbonyl (C=O) groups excluding carboxylic acids is 1. The molecule has 1 amide bonds. The smallest absolute Gasteiger partial charge is 0.251 e. The van der Waals surface area contributed by atoms with Crippen molar-refractivity contribution in [3.8, 4) is 5.75 Å². The molecule has 2 aliphatic carbocycles. The summed E-state index contributed by atoms with van der Waals surface area (Å²) >= 11 is 0. The fourth-order valence-electron chi connectivity index (χ4n) is 5.13. The van der Waals surface area contributed by atoms with Crippen LogP contribution >= 0.6 is 0 Å². The van der Waals surface area contributed by atoms with Gasteiger partial charge in [0, 0.05) is 43.2 Å². The molecule has 2 heterocycles. The molecule has 2 aliphatic heterocycles. The zero-order valence-electron chi connectivity index (χ0n) is 14.7. The van der Waals surface area contributed by atoms with Crippen molar-refractivity contribution in [2.75, 3.05) is 32.0 Å². The summed E-state index contributed by atoms with van der Waals surface area (Å²) in [5.74, 6) is 3.27. The van der Waals surface area contributed by atoms with Gasteiger partial charge in [-0.05, 0) is 55.6 Å². The van der Waals surface area contributed by atoms with Gasteiger partial charge in [0.25, 0.3) is 5.91 Å². The van der Waals surface area contributed by atoms with E-state index in [0.717, 1.165) is 48.1 Å². The quantitative estimate of drug-likeness (QED) is 0.823. The Morgan fingerprint density at radius 3 is 2.72 bits per heavy atom. The lowest BCUT2D eigenvalue weighted by Crippen LogP contribution is -2.35. The van der Waals surface area contributed by atoms with E-state index in [1.54, 1.807) is 6.07 Å². The number of anilines is 1. The molecular formula is C20H27N3O2. The van der Waals surface area contributed by atoms with E-state index in [2.05, 4.69) is 10.2 Å². The van der Waals surface area contributed by atoms with Crippen molar-refractivity contribution in [1.82, 2.24) is 10.2 Å². The van der Waals surface area contributed by atoms with E-state index in [4.69, 9.17) is 10.5 Å². The Kier molecular flexibility index (Phi) is 3.66.